The van der Waals surface area contributed by atoms with E-state index in [0.29, 0.717) is 0 Å². The highest BCUT2D eigenvalue weighted by atomic mass is 16.2. The quantitative estimate of drug-likeness (QED) is 0.724. The molecule has 0 amide bonds. The predicted octanol–water partition coefficient (Wildman–Crippen LogP) is 3.69. The summed E-state index contributed by atoms with van der Waals surface area (Å²) in [5, 5.41) is 8.48. The maximum Gasteiger partial charge on any atom is 0.369 e. The van der Waals surface area contributed by atoms with E-state index < -0.39 is 0 Å². The minimum atomic E-state index is -0.265. The molecule has 5 nitrogen and oxygen atoms in total. The van der Waals surface area contributed by atoms with Crippen LogP contribution in [0.3, 0.4) is 0 Å². The molecule has 1 aromatic carbocycles. The minimum Gasteiger partial charge on any atom is -0.244 e. The van der Waals surface area contributed by atoms with Crippen molar-refractivity contribution in [3.63, 3.8) is 0 Å². The molecule has 0 unspecified atom stereocenters. The highest BCUT2D eigenvalue weighted by Gasteiger charge is 2.23. The van der Waals surface area contributed by atoms with Crippen LogP contribution in [0.25, 0.3) is 11.1 Å². The van der Waals surface area contributed by atoms with Crippen molar-refractivity contribution in [1.29, 1.82) is 0 Å². The van der Waals surface area contributed by atoms with Gasteiger partial charge in [0.25, 0.3) is 0 Å². The minimum absolute atomic E-state index is 0.163. The van der Waals surface area contributed by atoms with E-state index >= 15 is 0 Å². The SMILES string of the molecule is Cc1nn(C(=O)n2cccn2)c(C(C)C)c1-c1ccccc1. The van der Waals surface area contributed by atoms with Gasteiger partial charge < -0.3 is 0 Å². The molecule has 0 saturated heterocycles. The van der Waals surface area contributed by atoms with Crippen LogP contribution >= 0.6 is 0 Å². The number of aromatic nitrogens is 4. The van der Waals surface area contributed by atoms with Gasteiger partial charge in [-0.1, -0.05) is 44.2 Å². The second kappa shape index (κ2) is 5.60. The molecule has 0 aliphatic heterocycles. The first-order chi connectivity index (χ1) is 10.6. The van der Waals surface area contributed by atoms with Crippen LogP contribution in [0, 0.1) is 6.92 Å². The molecule has 112 valence electrons. The Bertz CT molecular complexity index is 786. The summed E-state index contributed by atoms with van der Waals surface area (Å²) in [6.45, 7) is 6.06. The summed E-state index contributed by atoms with van der Waals surface area (Å²) in [6.07, 6.45) is 3.22. The fraction of sp³-hybridized carbons (Fsp3) is 0.235. The Hall–Kier alpha value is -2.69. The van der Waals surface area contributed by atoms with Crippen LogP contribution in [0.1, 0.15) is 31.2 Å². The van der Waals surface area contributed by atoms with Gasteiger partial charge in [-0.25, -0.2) is 4.79 Å². The van der Waals surface area contributed by atoms with Crippen LogP contribution in [-0.2, 0) is 0 Å². The monoisotopic (exact) mass is 294 g/mol. The number of nitrogens with zero attached hydrogens (tertiary/aromatic N) is 4. The van der Waals surface area contributed by atoms with E-state index in [0.717, 1.165) is 22.5 Å². The van der Waals surface area contributed by atoms with Gasteiger partial charge in [0, 0.05) is 18.0 Å². The zero-order chi connectivity index (χ0) is 15.7. The molecule has 0 aliphatic carbocycles. The molecule has 5 heteroatoms. The van der Waals surface area contributed by atoms with Gasteiger partial charge >= 0.3 is 6.03 Å². The summed E-state index contributed by atoms with van der Waals surface area (Å²) in [5.41, 5.74) is 3.85. The first-order valence-electron chi connectivity index (χ1n) is 7.29. The van der Waals surface area contributed by atoms with Gasteiger partial charge in [0.15, 0.2) is 0 Å². The zero-order valence-corrected chi connectivity index (χ0v) is 12.9. The van der Waals surface area contributed by atoms with E-state index in [-0.39, 0.29) is 11.9 Å². The topological polar surface area (TPSA) is 52.7 Å². The summed E-state index contributed by atoms with van der Waals surface area (Å²) in [5.74, 6) is 0.163. The van der Waals surface area contributed by atoms with Gasteiger partial charge in [0.2, 0.25) is 0 Å². The van der Waals surface area contributed by atoms with Crippen molar-refractivity contribution in [2.45, 2.75) is 26.7 Å². The van der Waals surface area contributed by atoms with E-state index in [1.54, 1.807) is 18.5 Å². The summed E-state index contributed by atoms with van der Waals surface area (Å²) >= 11 is 0. The number of carbonyl (C=O) groups is 1. The maximum atomic E-state index is 12.6. The standard InChI is InChI=1S/C17H18N4O/c1-12(2)16-15(14-8-5-4-6-9-14)13(3)19-21(16)17(22)20-11-7-10-18-20/h4-12H,1-3H3. The van der Waals surface area contributed by atoms with E-state index in [9.17, 15) is 4.79 Å². The lowest BCUT2D eigenvalue weighted by molar-refractivity contribution is 0.237. The van der Waals surface area contributed by atoms with Gasteiger partial charge in [-0.05, 0) is 24.5 Å². The van der Waals surface area contributed by atoms with Crippen molar-refractivity contribution >= 4 is 6.03 Å². The molecular formula is C17H18N4O. The Kier molecular flexibility index (Phi) is 3.63. The van der Waals surface area contributed by atoms with Crippen LogP contribution < -0.4 is 0 Å². The number of aryl methyl sites for hydroxylation is 1. The Labute approximate surface area is 129 Å². The third-order valence-corrected chi connectivity index (χ3v) is 3.59. The fourth-order valence-electron chi connectivity index (χ4n) is 2.66. The lowest BCUT2D eigenvalue weighted by atomic mass is 9.97. The lowest BCUT2D eigenvalue weighted by Gasteiger charge is -2.12. The van der Waals surface area contributed by atoms with E-state index in [1.165, 1.54) is 9.36 Å². The average Bonchev–Trinajstić information content (AvgIpc) is 3.14. The number of rotatable bonds is 2. The maximum absolute atomic E-state index is 12.6. The number of carbonyl (C=O) groups excluding carboxylic acids is 1. The summed E-state index contributed by atoms with van der Waals surface area (Å²) in [4.78, 5) is 12.6. The number of hydrogen-bond acceptors (Lipinski definition) is 3. The number of hydrogen-bond donors (Lipinski definition) is 0. The van der Waals surface area contributed by atoms with E-state index in [4.69, 9.17) is 0 Å². The molecule has 0 aliphatic rings. The molecule has 0 radical (unpaired) electrons. The van der Waals surface area contributed by atoms with Crippen molar-refractivity contribution < 1.29 is 4.79 Å². The number of benzene rings is 1. The van der Waals surface area contributed by atoms with Crippen molar-refractivity contribution in [3.8, 4) is 11.1 Å². The first-order valence-corrected chi connectivity index (χ1v) is 7.29. The van der Waals surface area contributed by atoms with E-state index in [1.807, 2.05) is 37.3 Å². The lowest BCUT2D eigenvalue weighted by Crippen LogP contribution is -2.23. The van der Waals surface area contributed by atoms with Crippen molar-refractivity contribution in [2.24, 2.45) is 0 Å². The van der Waals surface area contributed by atoms with E-state index in [2.05, 4.69) is 24.0 Å². The zero-order valence-electron chi connectivity index (χ0n) is 12.9. The van der Waals surface area contributed by atoms with Gasteiger partial charge in [-0.3, -0.25) is 0 Å². The molecule has 22 heavy (non-hydrogen) atoms. The Morgan fingerprint density at radius 2 is 1.86 bits per heavy atom. The first kappa shape index (κ1) is 14.3. The Balaban J connectivity index is 2.19. The third-order valence-electron chi connectivity index (χ3n) is 3.59. The van der Waals surface area contributed by atoms with Crippen LogP contribution in [-0.4, -0.2) is 25.6 Å². The normalized spacial score (nSPS) is 11.1. The van der Waals surface area contributed by atoms with Crippen LogP contribution in [0.15, 0.2) is 48.8 Å². The molecule has 0 bridgehead atoms. The Morgan fingerprint density at radius 3 is 2.45 bits per heavy atom. The second-order valence-corrected chi connectivity index (χ2v) is 5.51. The molecule has 0 spiro atoms. The van der Waals surface area contributed by atoms with Gasteiger partial charge in [0.05, 0.1) is 11.4 Å². The molecular weight excluding hydrogens is 276 g/mol. The summed E-state index contributed by atoms with van der Waals surface area (Å²) < 4.78 is 2.77. The van der Waals surface area contributed by atoms with Crippen molar-refractivity contribution in [1.82, 2.24) is 19.6 Å². The molecule has 0 fully saturated rings. The molecule has 3 rings (SSSR count). The fourth-order valence-corrected chi connectivity index (χ4v) is 2.66. The second-order valence-electron chi connectivity index (χ2n) is 5.51. The Morgan fingerprint density at radius 1 is 1.14 bits per heavy atom. The molecule has 0 N–H and O–H groups in total. The molecule has 2 heterocycles. The largest absolute Gasteiger partial charge is 0.369 e. The molecule has 0 atom stereocenters. The smallest absolute Gasteiger partial charge is 0.244 e. The average molecular weight is 294 g/mol. The van der Waals surface area contributed by atoms with Crippen LogP contribution in [0.5, 0.6) is 0 Å². The molecule has 0 saturated carbocycles. The molecule has 2 aromatic heterocycles. The summed E-state index contributed by atoms with van der Waals surface area (Å²) in [7, 11) is 0. The van der Waals surface area contributed by atoms with Gasteiger partial charge in [-0.2, -0.15) is 19.6 Å². The highest BCUT2D eigenvalue weighted by Crippen LogP contribution is 2.32. The van der Waals surface area contributed by atoms with Crippen molar-refractivity contribution in [3.05, 3.63) is 60.2 Å². The van der Waals surface area contributed by atoms with Crippen LogP contribution in [0.2, 0.25) is 0 Å². The van der Waals surface area contributed by atoms with Gasteiger partial charge in [0.1, 0.15) is 0 Å². The molecule has 3 aromatic rings. The predicted molar refractivity (Wildman–Crippen MR) is 84.9 cm³/mol. The highest BCUT2D eigenvalue weighted by molar-refractivity contribution is 5.82. The van der Waals surface area contributed by atoms with Crippen LogP contribution in [0.4, 0.5) is 4.79 Å². The summed E-state index contributed by atoms with van der Waals surface area (Å²) in [6, 6.07) is 11.5. The third kappa shape index (κ3) is 2.35. The van der Waals surface area contributed by atoms with Crippen molar-refractivity contribution in [2.75, 3.05) is 0 Å². The van der Waals surface area contributed by atoms with Gasteiger partial charge in [-0.15, -0.1) is 0 Å².